The molecule has 0 unspecified atom stereocenters. The van der Waals surface area contributed by atoms with E-state index in [2.05, 4.69) is 17.6 Å². The molecule has 5 nitrogen and oxygen atoms in total. The van der Waals surface area contributed by atoms with Crippen molar-refractivity contribution < 1.29 is 14.3 Å². The van der Waals surface area contributed by atoms with Crippen LogP contribution < -0.4 is 15.4 Å². The second-order valence-electron chi connectivity index (χ2n) is 7.76. The molecule has 3 rings (SSSR count). The number of aryl methyl sites for hydroxylation is 1. The van der Waals surface area contributed by atoms with Gasteiger partial charge in [0.05, 0.1) is 12.2 Å². The van der Waals surface area contributed by atoms with E-state index in [1.807, 2.05) is 43.3 Å². The summed E-state index contributed by atoms with van der Waals surface area (Å²) < 4.78 is 5.86. The quantitative estimate of drug-likeness (QED) is 0.363. The first-order valence-corrected chi connectivity index (χ1v) is 11.1. The van der Waals surface area contributed by atoms with E-state index < -0.39 is 0 Å². The van der Waals surface area contributed by atoms with E-state index in [9.17, 15) is 9.59 Å². The van der Waals surface area contributed by atoms with Gasteiger partial charge in [0, 0.05) is 16.9 Å². The molecule has 0 bridgehead atoms. The van der Waals surface area contributed by atoms with Crippen molar-refractivity contribution in [2.45, 2.75) is 39.5 Å². The van der Waals surface area contributed by atoms with Gasteiger partial charge in [0.2, 0.25) is 0 Å². The van der Waals surface area contributed by atoms with Gasteiger partial charge >= 0.3 is 0 Å². The molecule has 166 valence electrons. The third-order valence-electron chi connectivity index (χ3n) is 5.05. The Kier molecular flexibility index (Phi) is 8.44. The van der Waals surface area contributed by atoms with Crippen molar-refractivity contribution in [1.82, 2.24) is 0 Å². The largest absolute Gasteiger partial charge is 0.493 e. The normalized spacial score (nSPS) is 10.4. The zero-order chi connectivity index (χ0) is 22.8. The molecule has 0 aromatic heterocycles. The molecular weight excluding hydrogens is 400 g/mol. The van der Waals surface area contributed by atoms with Gasteiger partial charge < -0.3 is 15.4 Å². The molecule has 32 heavy (non-hydrogen) atoms. The summed E-state index contributed by atoms with van der Waals surface area (Å²) in [6, 6.07) is 21.7. The topological polar surface area (TPSA) is 67.4 Å². The summed E-state index contributed by atoms with van der Waals surface area (Å²) >= 11 is 0. The Labute approximate surface area is 189 Å². The number of carbonyl (C=O) groups is 2. The van der Waals surface area contributed by atoms with Crippen LogP contribution in [0, 0.1) is 6.92 Å². The van der Waals surface area contributed by atoms with Crippen LogP contribution in [0.25, 0.3) is 0 Å². The second kappa shape index (κ2) is 11.7. The minimum absolute atomic E-state index is 0.234. The molecule has 0 saturated carbocycles. The summed E-state index contributed by atoms with van der Waals surface area (Å²) in [6.07, 6.45) is 4.42. The summed E-state index contributed by atoms with van der Waals surface area (Å²) in [5, 5.41) is 5.77. The van der Waals surface area contributed by atoms with Gasteiger partial charge in [0.25, 0.3) is 11.8 Å². The maximum atomic E-state index is 12.9. The SMILES string of the molecule is CCCCCCOc1ccccc1C(=O)Nc1cccc(C(=O)Nc2cccc(C)c2)c1. The number of nitrogens with one attached hydrogen (secondary N) is 2. The van der Waals surface area contributed by atoms with Crippen LogP contribution in [-0.2, 0) is 0 Å². The Balaban J connectivity index is 1.65. The summed E-state index contributed by atoms with van der Waals surface area (Å²) in [5.41, 5.74) is 3.27. The third kappa shape index (κ3) is 6.71. The zero-order valence-electron chi connectivity index (χ0n) is 18.7. The number of amides is 2. The van der Waals surface area contributed by atoms with E-state index >= 15 is 0 Å². The average molecular weight is 431 g/mol. The predicted octanol–water partition coefficient (Wildman–Crippen LogP) is 6.46. The molecule has 0 aliphatic heterocycles. The Morgan fingerprint density at radius 1 is 0.781 bits per heavy atom. The molecule has 5 heteroatoms. The van der Waals surface area contributed by atoms with Crippen LogP contribution in [0.3, 0.4) is 0 Å². The minimum atomic E-state index is -0.273. The molecule has 0 aliphatic rings. The molecule has 3 aromatic carbocycles. The maximum Gasteiger partial charge on any atom is 0.259 e. The van der Waals surface area contributed by atoms with Gasteiger partial charge in [-0.25, -0.2) is 0 Å². The Morgan fingerprint density at radius 3 is 2.28 bits per heavy atom. The molecule has 2 amide bonds. The lowest BCUT2D eigenvalue weighted by Gasteiger charge is -2.12. The highest BCUT2D eigenvalue weighted by Gasteiger charge is 2.14. The predicted molar refractivity (Wildman–Crippen MR) is 130 cm³/mol. The number of para-hydroxylation sites is 1. The number of ether oxygens (including phenoxy) is 1. The molecule has 0 aliphatic carbocycles. The van der Waals surface area contributed by atoms with E-state index in [1.165, 1.54) is 12.8 Å². The summed E-state index contributed by atoms with van der Waals surface area (Å²) in [6.45, 7) is 4.72. The highest BCUT2D eigenvalue weighted by molar-refractivity contribution is 6.08. The first kappa shape index (κ1) is 23.1. The standard InChI is InChI=1S/C27H30N2O3/c1-3-4-5-8-17-32-25-16-7-6-15-24(25)27(31)29-23-14-10-12-21(19-23)26(30)28-22-13-9-11-20(2)18-22/h6-7,9-16,18-19H,3-5,8,17H2,1-2H3,(H,28,30)(H,29,31). The Morgan fingerprint density at radius 2 is 1.50 bits per heavy atom. The van der Waals surface area contributed by atoms with Crippen LogP contribution in [0.15, 0.2) is 72.8 Å². The number of hydrogen-bond acceptors (Lipinski definition) is 3. The zero-order valence-corrected chi connectivity index (χ0v) is 18.7. The average Bonchev–Trinajstić information content (AvgIpc) is 2.79. The van der Waals surface area contributed by atoms with Crippen molar-refractivity contribution >= 4 is 23.2 Å². The van der Waals surface area contributed by atoms with E-state index in [1.54, 1.807) is 36.4 Å². The molecule has 0 atom stereocenters. The fourth-order valence-corrected chi connectivity index (χ4v) is 3.35. The van der Waals surface area contributed by atoms with Crippen molar-refractivity contribution in [2.24, 2.45) is 0 Å². The fraction of sp³-hybridized carbons (Fsp3) is 0.259. The molecule has 0 fully saturated rings. The van der Waals surface area contributed by atoms with Crippen LogP contribution in [0.5, 0.6) is 5.75 Å². The highest BCUT2D eigenvalue weighted by atomic mass is 16.5. The van der Waals surface area contributed by atoms with Crippen LogP contribution in [-0.4, -0.2) is 18.4 Å². The van der Waals surface area contributed by atoms with Crippen LogP contribution in [0.1, 0.15) is 58.9 Å². The monoisotopic (exact) mass is 430 g/mol. The van der Waals surface area contributed by atoms with E-state index in [0.29, 0.717) is 29.2 Å². The van der Waals surface area contributed by atoms with Crippen LogP contribution >= 0.6 is 0 Å². The first-order valence-electron chi connectivity index (χ1n) is 11.1. The molecule has 2 N–H and O–H groups in total. The van der Waals surface area contributed by atoms with Crippen molar-refractivity contribution in [3.05, 3.63) is 89.5 Å². The minimum Gasteiger partial charge on any atom is -0.493 e. The first-order chi connectivity index (χ1) is 15.6. The maximum absolute atomic E-state index is 12.9. The van der Waals surface area contributed by atoms with E-state index in [-0.39, 0.29) is 11.8 Å². The smallest absolute Gasteiger partial charge is 0.259 e. The van der Waals surface area contributed by atoms with E-state index in [4.69, 9.17) is 4.74 Å². The molecule has 0 saturated heterocycles. The second-order valence-corrected chi connectivity index (χ2v) is 7.76. The van der Waals surface area contributed by atoms with Gasteiger partial charge in [-0.05, 0) is 61.4 Å². The third-order valence-corrected chi connectivity index (χ3v) is 5.05. The van der Waals surface area contributed by atoms with Gasteiger partial charge in [0.1, 0.15) is 5.75 Å². The van der Waals surface area contributed by atoms with Crippen molar-refractivity contribution in [1.29, 1.82) is 0 Å². The lowest BCUT2D eigenvalue weighted by Crippen LogP contribution is -2.15. The fourth-order valence-electron chi connectivity index (χ4n) is 3.35. The number of benzene rings is 3. The van der Waals surface area contributed by atoms with Crippen molar-refractivity contribution in [2.75, 3.05) is 17.2 Å². The molecule has 3 aromatic rings. The molecular formula is C27H30N2O3. The van der Waals surface area contributed by atoms with Crippen LogP contribution in [0.4, 0.5) is 11.4 Å². The Bertz CT molecular complexity index is 1060. The lowest BCUT2D eigenvalue weighted by molar-refractivity contribution is 0.101. The summed E-state index contributed by atoms with van der Waals surface area (Å²) in [7, 11) is 0. The number of unbranched alkanes of at least 4 members (excludes halogenated alkanes) is 3. The van der Waals surface area contributed by atoms with Crippen molar-refractivity contribution in [3.63, 3.8) is 0 Å². The highest BCUT2D eigenvalue weighted by Crippen LogP contribution is 2.21. The van der Waals surface area contributed by atoms with Crippen LogP contribution in [0.2, 0.25) is 0 Å². The number of anilines is 2. The van der Waals surface area contributed by atoms with E-state index in [0.717, 1.165) is 24.1 Å². The van der Waals surface area contributed by atoms with Gasteiger partial charge in [-0.2, -0.15) is 0 Å². The number of carbonyl (C=O) groups excluding carboxylic acids is 2. The summed E-state index contributed by atoms with van der Waals surface area (Å²) in [4.78, 5) is 25.5. The number of rotatable bonds is 10. The molecule has 0 radical (unpaired) electrons. The molecule has 0 heterocycles. The summed E-state index contributed by atoms with van der Waals surface area (Å²) in [5.74, 6) is 0.0581. The van der Waals surface area contributed by atoms with Gasteiger partial charge in [-0.1, -0.05) is 56.5 Å². The number of hydrogen-bond donors (Lipinski definition) is 2. The molecule has 0 spiro atoms. The van der Waals surface area contributed by atoms with Gasteiger partial charge in [0.15, 0.2) is 0 Å². The van der Waals surface area contributed by atoms with Gasteiger partial charge in [-0.15, -0.1) is 0 Å². The van der Waals surface area contributed by atoms with Crippen molar-refractivity contribution in [3.8, 4) is 5.75 Å². The lowest BCUT2D eigenvalue weighted by atomic mass is 10.1. The van der Waals surface area contributed by atoms with Gasteiger partial charge in [-0.3, -0.25) is 9.59 Å². The Hall–Kier alpha value is -3.60.